The zero-order chi connectivity index (χ0) is 38.4. The topological polar surface area (TPSA) is 50.9 Å². The summed E-state index contributed by atoms with van der Waals surface area (Å²) in [4.78, 5) is 10.5. The smallest absolute Gasteiger partial charge is 0.0622 e. The minimum absolute atomic E-state index is 0. The number of imidazole rings is 1. The van der Waals surface area contributed by atoms with Crippen LogP contribution < -0.4 is 14.8 Å². The number of pyridine rings is 1. The Kier molecular flexibility index (Phi) is 9.46. The Bertz CT molecular complexity index is 2830. The number of hydrogen-bond acceptors (Lipinski definition) is 3. The first kappa shape index (κ1) is 38.3. The van der Waals surface area contributed by atoms with Crippen LogP contribution in [0.15, 0.2) is 128 Å². The van der Waals surface area contributed by atoms with Crippen LogP contribution in [0, 0.1) is 6.07 Å². The molecule has 4 nitrogen and oxygen atoms in total. The molecule has 56 heavy (non-hydrogen) atoms. The number of aromatic nitrogens is 3. The first-order valence-electron chi connectivity index (χ1n) is 19.2. The van der Waals surface area contributed by atoms with Crippen molar-refractivity contribution in [2.24, 2.45) is 0 Å². The predicted octanol–water partition coefficient (Wildman–Crippen LogP) is 10.7. The number of aromatic hydroxyl groups is 1. The number of para-hydroxylation sites is 2. The molecule has 3 heterocycles. The standard InChI is InChI=1S/C49H46GeN3OSi.Pt/c1-49(2,3)34-22-23-42(54)38(29-34)48-52-46-37(18-14-20-41(46)53(48)40-19-13-12-17-36(40)31-15-10-9-11-16-31)32-21-24-43-39(28-32)47-45-33(25-26-51-47)27-35(50(4,5)6)30-44(45)55(43,7)8;/h9-27,29-30,54H,1-8H3;/q-1;. The molecule has 282 valence electrons. The third-order valence-electron chi connectivity index (χ3n) is 11.6. The Hall–Kier alpha value is -4.55. The van der Waals surface area contributed by atoms with Crippen molar-refractivity contribution >= 4 is 57.9 Å². The van der Waals surface area contributed by atoms with E-state index in [1.165, 1.54) is 21.1 Å². The van der Waals surface area contributed by atoms with E-state index in [4.69, 9.17) is 9.97 Å². The number of fused-ring (bicyclic) bond motifs is 3. The van der Waals surface area contributed by atoms with Gasteiger partial charge in [-0.2, -0.15) is 0 Å². The number of rotatable bonds is 5. The summed E-state index contributed by atoms with van der Waals surface area (Å²) in [6.45, 7) is 11.6. The van der Waals surface area contributed by atoms with Crippen molar-refractivity contribution in [1.82, 2.24) is 14.5 Å². The van der Waals surface area contributed by atoms with Crippen molar-refractivity contribution in [2.45, 2.75) is 56.5 Å². The van der Waals surface area contributed by atoms with Gasteiger partial charge in [0.05, 0.1) is 11.3 Å². The van der Waals surface area contributed by atoms with Gasteiger partial charge in [0, 0.05) is 26.6 Å². The van der Waals surface area contributed by atoms with Crippen molar-refractivity contribution in [3.8, 4) is 56.3 Å². The Morgan fingerprint density at radius 2 is 1.46 bits per heavy atom. The molecule has 8 aromatic rings. The molecule has 1 aliphatic heterocycles. The molecule has 1 N–H and O–H groups in total. The fourth-order valence-electron chi connectivity index (χ4n) is 8.39. The Labute approximate surface area is 348 Å². The van der Waals surface area contributed by atoms with Crippen LogP contribution in [0.5, 0.6) is 5.75 Å². The Morgan fingerprint density at radius 1 is 0.732 bits per heavy atom. The summed E-state index contributed by atoms with van der Waals surface area (Å²) in [6.07, 6.45) is 1.97. The minimum Gasteiger partial charge on any atom is -0.0622 e. The third kappa shape index (κ3) is 6.23. The molecule has 1 aliphatic rings. The van der Waals surface area contributed by atoms with Gasteiger partial charge in [-0.05, 0) is 34.7 Å². The van der Waals surface area contributed by atoms with Gasteiger partial charge in [0.2, 0.25) is 0 Å². The summed E-state index contributed by atoms with van der Waals surface area (Å²) in [6, 6.07) is 47.0. The van der Waals surface area contributed by atoms with Crippen LogP contribution in [-0.2, 0) is 26.5 Å². The molecule has 0 saturated heterocycles. The molecule has 0 bridgehead atoms. The first-order valence-corrected chi connectivity index (χ1v) is 29.6. The van der Waals surface area contributed by atoms with Crippen LogP contribution in [0.2, 0.25) is 30.4 Å². The molecule has 9 rings (SSSR count). The van der Waals surface area contributed by atoms with Gasteiger partial charge in [-0.3, -0.25) is 0 Å². The van der Waals surface area contributed by atoms with E-state index in [1.54, 1.807) is 4.40 Å². The van der Waals surface area contributed by atoms with Gasteiger partial charge < -0.3 is 5.11 Å². The summed E-state index contributed by atoms with van der Waals surface area (Å²) in [5.74, 6) is 8.35. The maximum atomic E-state index is 11.6. The second-order valence-corrected chi connectivity index (χ2v) is 32.6. The molecular weight excluding hydrogens is 942 g/mol. The number of nitrogens with zero attached hydrogens (tertiary/aromatic N) is 3. The van der Waals surface area contributed by atoms with E-state index in [2.05, 4.69) is 165 Å². The van der Waals surface area contributed by atoms with Crippen molar-refractivity contribution in [2.75, 3.05) is 0 Å². The van der Waals surface area contributed by atoms with Crippen LogP contribution in [-0.4, -0.2) is 41.0 Å². The number of benzene rings is 6. The van der Waals surface area contributed by atoms with E-state index in [0.29, 0.717) is 11.4 Å². The fraction of sp³-hybridized carbons (Fsp3) is 0.184. The molecule has 6 aromatic carbocycles. The van der Waals surface area contributed by atoms with E-state index in [1.807, 2.05) is 24.4 Å². The number of phenols is 1. The second-order valence-electron chi connectivity index (χ2n) is 17.6. The van der Waals surface area contributed by atoms with Crippen LogP contribution >= 0.6 is 0 Å². The van der Waals surface area contributed by atoms with Crippen molar-refractivity contribution < 1.29 is 26.2 Å². The molecular formula is C49H46GeN3OPtSi-. The average molecular weight is 989 g/mol. The molecule has 0 atom stereocenters. The average Bonchev–Trinajstić information content (AvgIpc) is 3.55. The molecule has 0 saturated carbocycles. The summed E-state index contributed by atoms with van der Waals surface area (Å²) >= 11 is -2.10. The molecule has 0 amide bonds. The van der Waals surface area contributed by atoms with E-state index in [0.717, 1.165) is 55.8 Å². The zero-order valence-corrected chi connectivity index (χ0v) is 38.6. The summed E-state index contributed by atoms with van der Waals surface area (Å²) < 4.78 is 3.78. The van der Waals surface area contributed by atoms with Gasteiger partial charge in [-0.25, -0.2) is 0 Å². The Morgan fingerprint density at radius 3 is 2.21 bits per heavy atom. The van der Waals surface area contributed by atoms with Gasteiger partial charge in [0.1, 0.15) is 5.75 Å². The second kappa shape index (κ2) is 13.8. The van der Waals surface area contributed by atoms with Crippen molar-refractivity contribution in [1.29, 1.82) is 0 Å². The molecule has 7 heteroatoms. The molecule has 0 unspecified atom stereocenters. The molecule has 2 aromatic heterocycles. The van der Waals surface area contributed by atoms with Crippen molar-refractivity contribution in [3.05, 3.63) is 139 Å². The van der Waals surface area contributed by atoms with Crippen LogP contribution in [0.1, 0.15) is 26.3 Å². The van der Waals surface area contributed by atoms with Crippen LogP contribution in [0.25, 0.3) is 72.4 Å². The molecule has 0 aliphatic carbocycles. The van der Waals surface area contributed by atoms with E-state index >= 15 is 0 Å². The minimum atomic E-state index is -2.10. The molecule has 0 fully saturated rings. The fourth-order valence-corrected chi connectivity index (χ4v) is 14.1. The van der Waals surface area contributed by atoms with Gasteiger partial charge in [-0.1, -0.05) is 75.4 Å². The summed E-state index contributed by atoms with van der Waals surface area (Å²) in [5, 5.41) is 17.0. The monoisotopic (exact) mass is 989 g/mol. The third-order valence-corrected chi connectivity index (χ3v) is 19.3. The molecule has 0 radical (unpaired) electrons. The zero-order valence-electron chi connectivity index (χ0n) is 33.2. The normalized spacial score (nSPS) is 13.4. The van der Waals surface area contributed by atoms with Gasteiger partial charge >= 0.3 is 192 Å². The van der Waals surface area contributed by atoms with E-state index in [9.17, 15) is 5.11 Å². The SMILES string of the molecule is CC(C)(C)c1ccc(O)c(-c2nc3c(-c4[c-]c5c(cc4)[Si](C)(C)c4c[c]([Ge]([CH3])([CH3])[CH3])cc6ccnc-5c46)cccc3n2-c2ccccc2-c2ccccc2)c1.[Pt]. The van der Waals surface area contributed by atoms with Crippen LogP contribution in [0.4, 0.5) is 0 Å². The van der Waals surface area contributed by atoms with Gasteiger partial charge in [0.15, 0.2) is 0 Å². The van der Waals surface area contributed by atoms with E-state index in [-0.39, 0.29) is 32.2 Å². The van der Waals surface area contributed by atoms with Gasteiger partial charge in [-0.15, -0.1) is 0 Å². The maximum absolute atomic E-state index is 11.6. The van der Waals surface area contributed by atoms with Crippen molar-refractivity contribution in [3.63, 3.8) is 0 Å². The number of hydrogen-bond donors (Lipinski definition) is 1. The summed E-state index contributed by atoms with van der Waals surface area (Å²) in [7, 11) is -2.10. The molecule has 0 spiro atoms. The predicted molar refractivity (Wildman–Crippen MR) is 237 cm³/mol. The Balaban J connectivity index is 0.00000441. The quantitative estimate of drug-likeness (QED) is 0.138. The van der Waals surface area contributed by atoms with E-state index < -0.39 is 21.3 Å². The number of phenolic OH excluding ortho intramolecular Hbond substituents is 1. The van der Waals surface area contributed by atoms with Crippen LogP contribution in [0.3, 0.4) is 0 Å². The first-order chi connectivity index (χ1) is 26.2. The van der Waals surface area contributed by atoms with Gasteiger partial charge in [0.25, 0.3) is 0 Å². The summed E-state index contributed by atoms with van der Waals surface area (Å²) in [5.41, 5.74) is 10.9.